The summed E-state index contributed by atoms with van der Waals surface area (Å²) in [6.45, 7) is 12.6. The Morgan fingerprint density at radius 2 is 1.67 bits per heavy atom. The van der Waals surface area contributed by atoms with Gasteiger partial charge in [-0.1, -0.05) is 58.0 Å². The van der Waals surface area contributed by atoms with Crippen molar-refractivity contribution in [3.05, 3.63) is 71.2 Å². The minimum absolute atomic E-state index is 0.0791. The summed E-state index contributed by atoms with van der Waals surface area (Å²) in [5, 5.41) is 12.9. The average molecular weight is 525 g/mol. The van der Waals surface area contributed by atoms with Crippen LogP contribution in [-0.4, -0.2) is 28.6 Å². The van der Waals surface area contributed by atoms with Crippen molar-refractivity contribution < 1.29 is 22.6 Å². The third-order valence-electron chi connectivity index (χ3n) is 4.59. The monoisotopic (exact) mass is 524 g/mol. The number of H-pyrrole nitrogens is 1. The molecule has 1 atom stereocenters. The van der Waals surface area contributed by atoms with Crippen LogP contribution in [0.3, 0.4) is 0 Å². The number of anilines is 1. The zero-order chi connectivity index (χ0) is 27.1. The molecule has 0 radical (unpaired) electrons. The van der Waals surface area contributed by atoms with E-state index in [2.05, 4.69) is 20.8 Å². The van der Waals surface area contributed by atoms with Crippen LogP contribution in [0.5, 0.6) is 0 Å². The van der Waals surface area contributed by atoms with Gasteiger partial charge < -0.3 is 20.1 Å². The predicted molar refractivity (Wildman–Crippen MR) is 142 cm³/mol. The molecule has 6 nitrogen and oxygen atoms in total. The molecule has 0 bridgehead atoms. The van der Waals surface area contributed by atoms with E-state index in [0.717, 1.165) is 17.7 Å². The van der Waals surface area contributed by atoms with E-state index >= 15 is 0 Å². The largest absolute Gasteiger partial charge is 0.368 e. The molecule has 2 aromatic carbocycles. The zero-order valence-corrected chi connectivity index (χ0v) is 22.4. The van der Waals surface area contributed by atoms with Crippen LogP contribution in [0.4, 0.5) is 19.0 Å². The number of thiocarbonyl (C=S) groups is 1. The average Bonchev–Trinajstić information content (AvgIpc) is 3.32. The van der Waals surface area contributed by atoms with E-state index in [-0.39, 0.29) is 23.2 Å². The van der Waals surface area contributed by atoms with Crippen molar-refractivity contribution in [3.63, 3.8) is 0 Å². The smallest absolute Gasteiger partial charge is 0.194 e. The van der Waals surface area contributed by atoms with Crippen LogP contribution in [-0.2, 0) is 16.1 Å². The van der Waals surface area contributed by atoms with E-state index in [1.807, 2.05) is 65.0 Å². The van der Waals surface area contributed by atoms with Gasteiger partial charge >= 0.3 is 0 Å². The van der Waals surface area contributed by atoms with Crippen LogP contribution in [0.1, 0.15) is 58.9 Å². The summed E-state index contributed by atoms with van der Waals surface area (Å²) in [5.74, 6) is -3.97. The van der Waals surface area contributed by atoms with Crippen molar-refractivity contribution in [3.8, 4) is 11.1 Å². The Labute approximate surface area is 216 Å². The Morgan fingerprint density at radius 1 is 1.06 bits per heavy atom. The predicted octanol–water partition coefficient (Wildman–Crippen LogP) is 7.10. The third kappa shape index (κ3) is 8.92. The van der Waals surface area contributed by atoms with Crippen LogP contribution in [0.15, 0.2) is 42.5 Å². The highest BCUT2D eigenvalue weighted by Gasteiger charge is 2.23. The fourth-order valence-electron chi connectivity index (χ4n) is 2.98. The lowest BCUT2D eigenvalue weighted by Gasteiger charge is -2.15. The molecule has 0 aliphatic rings. The second kappa shape index (κ2) is 16.7. The highest BCUT2D eigenvalue weighted by Crippen LogP contribution is 2.36. The molecule has 0 aliphatic heterocycles. The number of aromatic amines is 1. The lowest BCUT2D eigenvalue weighted by molar-refractivity contribution is 0.0501. The normalized spacial score (nSPS) is 10.9. The van der Waals surface area contributed by atoms with E-state index in [4.69, 9.17) is 21.7 Å². The molecule has 0 saturated carbocycles. The molecule has 3 rings (SSSR count). The Hall–Kier alpha value is -2.95. The number of hydrogen-bond acceptors (Lipinski definition) is 4. The van der Waals surface area contributed by atoms with Gasteiger partial charge in [-0.25, -0.2) is 13.2 Å². The van der Waals surface area contributed by atoms with Gasteiger partial charge in [-0.3, -0.25) is 5.10 Å². The molecule has 1 aromatic heterocycles. The van der Waals surface area contributed by atoms with Crippen molar-refractivity contribution in [2.24, 2.45) is 0 Å². The van der Waals surface area contributed by atoms with Gasteiger partial charge in [-0.2, -0.15) is 5.10 Å². The quantitative estimate of drug-likeness (QED) is 0.120. The van der Waals surface area contributed by atoms with E-state index in [1.165, 1.54) is 0 Å². The maximum Gasteiger partial charge on any atom is 0.194 e. The van der Waals surface area contributed by atoms with Crippen molar-refractivity contribution in [2.45, 2.75) is 54.3 Å². The van der Waals surface area contributed by atoms with Gasteiger partial charge in [-0.15, -0.1) is 0 Å². The molecule has 0 spiro atoms. The van der Waals surface area contributed by atoms with Crippen LogP contribution in [0.2, 0.25) is 0 Å². The molecule has 3 aromatic rings. The molecule has 0 saturated heterocycles. The van der Waals surface area contributed by atoms with Crippen molar-refractivity contribution in [2.75, 3.05) is 18.7 Å². The molecular weight excluding hydrogens is 489 g/mol. The van der Waals surface area contributed by atoms with E-state index in [0.29, 0.717) is 24.5 Å². The number of nitrogens with one attached hydrogen (secondary N) is 3. The first-order valence-corrected chi connectivity index (χ1v) is 12.3. The van der Waals surface area contributed by atoms with Crippen LogP contribution >= 0.6 is 12.2 Å². The summed E-state index contributed by atoms with van der Waals surface area (Å²) in [6, 6.07) is 11.3. The highest BCUT2D eigenvalue weighted by atomic mass is 32.1. The van der Waals surface area contributed by atoms with Crippen LogP contribution < -0.4 is 10.6 Å². The number of hydrogen-bond donors (Lipinski definition) is 3. The molecule has 1 heterocycles. The standard InChI is InChI=1S/C22H23F3N4O2S.2C2H6/c1-3-30-12-26-22(32)27-21-18(15-9-16(23)19(25)17(24)10-15)20(28-29-21)13(2)31-11-14-7-5-4-6-8-14;2*1-2/h4-10,13H,3,11-12H2,1-2H3,(H3,26,27,28,29,32);2*1-2H3. The van der Waals surface area contributed by atoms with Gasteiger partial charge in [0, 0.05) is 6.61 Å². The second-order valence-corrected chi connectivity index (χ2v) is 7.23. The maximum absolute atomic E-state index is 14.0. The van der Waals surface area contributed by atoms with Gasteiger partial charge in [0.15, 0.2) is 28.4 Å². The summed E-state index contributed by atoms with van der Waals surface area (Å²) in [5.41, 5.74) is 1.79. The van der Waals surface area contributed by atoms with Gasteiger partial charge in [0.1, 0.15) is 6.73 Å². The lowest BCUT2D eigenvalue weighted by Crippen LogP contribution is -2.30. The van der Waals surface area contributed by atoms with Crippen molar-refractivity contribution in [1.82, 2.24) is 15.5 Å². The summed E-state index contributed by atoms with van der Waals surface area (Å²) >= 11 is 5.23. The summed E-state index contributed by atoms with van der Waals surface area (Å²) in [7, 11) is 0. The Kier molecular flexibility index (Phi) is 14.4. The van der Waals surface area contributed by atoms with E-state index < -0.39 is 23.6 Å². The topological polar surface area (TPSA) is 71.2 Å². The molecule has 3 N–H and O–H groups in total. The highest BCUT2D eigenvalue weighted by molar-refractivity contribution is 7.80. The SMILES string of the molecule is CC.CC.CCOCNC(=S)Nc1n[nH]c(C(C)OCc2ccccc2)c1-c1cc(F)c(F)c(F)c1. The van der Waals surface area contributed by atoms with Crippen LogP contribution in [0, 0.1) is 17.5 Å². The number of rotatable bonds is 9. The molecule has 10 heteroatoms. The first-order valence-electron chi connectivity index (χ1n) is 11.9. The van der Waals surface area contributed by atoms with E-state index in [9.17, 15) is 13.2 Å². The fourth-order valence-corrected chi connectivity index (χ4v) is 3.14. The van der Waals surface area contributed by atoms with Gasteiger partial charge in [0.25, 0.3) is 0 Å². The third-order valence-corrected chi connectivity index (χ3v) is 4.83. The van der Waals surface area contributed by atoms with Crippen molar-refractivity contribution in [1.29, 1.82) is 0 Å². The first-order chi connectivity index (χ1) is 17.4. The number of benzene rings is 2. The number of ether oxygens (including phenoxy) is 2. The maximum atomic E-state index is 14.0. The Balaban J connectivity index is 0.00000154. The molecule has 1 unspecified atom stereocenters. The summed E-state index contributed by atoms with van der Waals surface area (Å²) in [6.07, 6.45) is -0.533. The zero-order valence-electron chi connectivity index (χ0n) is 21.5. The van der Waals surface area contributed by atoms with Crippen LogP contribution in [0.25, 0.3) is 11.1 Å². The molecule has 0 amide bonds. The number of halogens is 3. The first kappa shape index (κ1) is 31.1. The Bertz CT molecular complexity index is 1040. The molecule has 0 fully saturated rings. The van der Waals surface area contributed by atoms with Gasteiger partial charge in [0.05, 0.1) is 24.0 Å². The fraction of sp³-hybridized carbons (Fsp3) is 0.385. The van der Waals surface area contributed by atoms with Crippen molar-refractivity contribution >= 4 is 23.1 Å². The van der Waals surface area contributed by atoms with Gasteiger partial charge in [0.2, 0.25) is 0 Å². The number of aromatic nitrogens is 2. The molecule has 36 heavy (non-hydrogen) atoms. The summed E-state index contributed by atoms with van der Waals surface area (Å²) < 4.78 is 52.6. The molecule has 198 valence electrons. The molecular formula is C26H35F3N4O2S. The van der Waals surface area contributed by atoms with Gasteiger partial charge in [-0.05, 0) is 49.3 Å². The number of nitrogens with zero attached hydrogens (tertiary/aromatic N) is 1. The second-order valence-electron chi connectivity index (χ2n) is 6.82. The Morgan fingerprint density at radius 3 is 2.25 bits per heavy atom. The lowest BCUT2D eigenvalue weighted by atomic mass is 10.0. The molecule has 0 aliphatic carbocycles. The van der Waals surface area contributed by atoms with E-state index in [1.54, 1.807) is 6.92 Å². The minimum atomic E-state index is -1.55. The summed E-state index contributed by atoms with van der Waals surface area (Å²) in [4.78, 5) is 0. The minimum Gasteiger partial charge on any atom is -0.368 e.